The van der Waals surface area contributed by atoms with Crippen LogP contribution in [0.5, 0.6) is 0 Å². The number of anilines is 1. The number of para-hydroxylation sites is 1. The fraction of sp³-hybridized carbons (Fsp3) is 0.273. The lowest BCUT2D eigenvalue weighted by Gasteiger charge is -2.09. The number of carbonyl (C=O) groups excluding carboxylic acids is 1. The Labute approximate surface area is 149 Å². The number of fused-ring (bicyclic) bond motifs is 1. The van der Waals surface area contributed by atoms with Gasteiger partial charge >= 0.3 is 0 Å². The average Bonchev–Trinajstić information content (AvgIpc) is 2.65. The van der Waals surface area contributed by atoms with Crippen LogP contribution in [0.25, 0.3) is 10.9 Å². The first-order valence-corrected chi connectivity index (χ1v) is 9.02. The average molecular weight is 332 g/mol. The zero-order valence-corrected chi connectivity index (χ0v) is 14.7. The Kier molecular flexibility index (Phi) is 5.78. The first kappa shape index (κ1) is 17.2. The maximum atomic E-state index is 12.5. The lowest BCUT2D eigenvalue weighted by molar-refractivity contribution is 0.102. The standard InChI is InChI=1S/C22H24N2O/c1-2-3-4-6-9-17-14-15-23-21-13-12-18(16-20(17)21)22(25)24-19-10-7-5-8-11-19/h5,7-8,10-16H,2-4,6,9H2,1H3,(H,24,25). The smallest absolute Gasteiger partial charge is 0.255 e. The summed E-state index contributed by atoms with van der Waals surface area (Å²) in [5.41, 5.74) is 3.69. The molecule has 0 aliphatic heterocycles. The number of nitrogens with one attached hydrogen (secondary N) is 1. The van der Waals surface area contributed by atoms with Crippen LogP contribution < -0.4 is 5.32 Å². The van der Waals surface area contributed by atoms with Crippen molar-refractivity contribution in [2.75, 3.05) is 5.32 Å². The Bertz CT molecular complexity index is 843. The van der Waals surface area contributed by atoms with Gasteiger partial charge in [0.05, 0.1) is 5.52 Å². The van der Waals surface area contributed by atoms with Gasteiger partial charge in [0.25, 0.3) is 5.91 Å². The maximum Gasteiger partial charge on any atom is 0.255 e. The van der Waals surface area contributed by atoms with Crippen LogP contribution in [-0.2, 0) is 6.42 Å². The largest absolute Gasteiger partial charge is 0.322 e. The minimum absolute atomic E-state index is 0.0890. The number of hydrogen-bond acceptors (Lipinski definition) is 2. The van der Waals surface area contributed by atoms with Crippen LogP contribution in [0.4, 0.5) is 5.69 Å². The number of rotatable bonds is 7. The topological polar surface area (TPSA) is 42.0 Å². The number of pyridine rings is 1. The third-order valence-corrected chi connectivity index (χ3v) is 4.43. The predicted molar refractivity (Wildman–Crippen MR) is 104 cm³/mol. The van der Waals surface area contributed by atoms with E-state index in [4.69, 9.17) is 0 Å². The van der Waals surface area contributed by atoms with Crippen LogP contribution in [0.15, 0.2) is 60.8 Å². The number of amides is 1. The van der Waals surface area contributed by atoms with Crippen LogP contribution in [0.3, 0.4) is 0 Å². The lowest BCUT2D eigenvalue weighted by atomic mass is 10.0. The molecule has 0 bridgehead atoms. The van der Waals surface area contributed by atoms with Gasteiger partial charge in [0.2, 0.25) is 0 Å². The maximum absolute atomic E-state index is 12.5. The summed E-state index contributed by atoms with van der Waals surface area (Å²) >= 11 is 0. The number of nitrogens with zero attached hydrogens (tertiary/aromatic N) is 1. The molecule has 25 heavy (non-hydrogen) atoms. The van der Waals surface area contributed by atoms with E-state index in [0.717, 1.165) is 23.0 Å². The fourth-order valence-electron chi connectivity index (χ4n) is 3.03. The first-order chi connectivity index (χ1) is 12.3. The molecule has 3 heteroatoms. The second kappa shape index (κ2) is 8.43. The van der Waals surface area contributed by atoms with Crippen LogP contribution in [-0.4, -0.2) is 10.9 Å². The number of benzene rings is 2. The van der Waals surface area contributed by atoms with E-state index in [1.54, 1.807) is 0 Å². The molecule has 0 saturated heterocycles. The molecule has 3 aromatic rings. The minimum atomic E-state index is -0.0890. The van der Waals surface area contributed by atoms with E-state index >= 15 is 0 Å². The summed E-state index contributed by atoms with van der Waals surface area (Å²) in [6.07, 6.45) is 7.82. The first-order valence-electron chi connectivity index (χ1n) is 9.02. The van der Waals surface area contributed by atoms with Crippen LogP contribution in [0.1, 0.15) is 48.5 Å². The SMILES string of the molecule is CCCCCCc1ccnc2ccc(C(=O)Nc3ccccc3)cc12. The molecule has 0 radical (unpaired) electrons. The second-order valence-corrected chi connectivity index (χ2v) is 6.33. The number of carbonyl (C=O) groups is 1. The molecule has 1 N–H and O–H groups in total. The summed E-state index contributed by atoms with van der Waals surface area (Å²) in [5.74, 6) is -0.0890. The van der Waals surface area contributed by atoms with Gasteiger partial charge in [-0.25, -0.2) is 0 Å². The summed E-state index contributed by atoms with van der Waals surface area (Å²) < 4.78 is 0. The summed E-state index contributed by atoms with van der Waals surface area (Å²) in [7, 11) is 0. The highest BCUT2D eigenvalue weighted by molar-refractivity contribution is 6.06. The molecule has 0 aliphatic carbocycles. The second-order valence-electron chi connectivity index (χ2n) is 6.33. The zero-order valence-electron chi connectivity index (χ0n) is 14.7. The van der Waals surface area contributed by atoms with Gasteiger partial charge in [-0.15, -0.1) is 0 Å². The van der Waals surface area contributed by atoms with Crippen molar-refractivity contribution in [3.05, 3.63) is 71.9 Å². The van der Waals surface area contributed by atoms with Crippen LogP contribution >= 0.6 is 0 Å². The Hall–Kier alpha value is -2.68. The van der Waals surface area contributed by atoms with Crippen molar-refractivity contribution < 1.29 is 4.79 Å². The van der Waals surface area contributed by atoms with E-state index in [0.29, 0.717) is 5.56 Å². The normalized spacial score (nSPS) is 10.8. The van der Waals surface area contributed by atoms with Crippen molar-refractivity contribution in [1.29, 1.82) is 0 Å². The number of unbranched alkanes of at least 4 members (excludes halogenated alkanes) is 3. The zero-order chi connectivity index (χ0) is 17.5. The minimum Gasteiger partial charge on any atom is -0.322 e. The van der Waals surface area contributed by atoms with Gasteiger partial charge in [-0.3, -0.25) is 9.78 Å². The molecule has 1 aromatic heterocycles. The molecule has 0 atom stereocenters. The van der Waals surface area contributed by atoms with Crippen LogP contribution in [0.2, 0.25) is 0 Å². The van der Waals surface area contributed by atoms with Gasteiger partial charge in [-0.1, -0.05) is 44.4 Å². The fourth-order valence-corrected chi connectivity index (χ4v) is 3.03. The number of aryl methyl sites for hydroxylation is 1. The Morgan fingerprint density at radius 3 is 2.64 bits per heavy atom. The summed E-state index contributed by atoms with van der Waals surface area (Å²) in [4.78, 5) is 17.0. The molecule has 0 saturated carbocycles. The third-order valence-electron chi connectivity index (χ3n) is 4.43. The molecule has 0 unspecified atom stereocenters. The van der Waals surface area contributed by atoms with Gasteiger partial charge in [0, 0.05) is 22.8 Å². The van der Waals surface area contributed by atoms with E-state index < -0.39 is 0 Å². The van der Waals surface area contributed by atoms with Gasteiger partial charge < -0.3 is 5.32 Å². The molecule has 3 nitrogen and oxygen atoms in total. The van der Waals surface area contributed by atoms with Gasteiger partial charge in [0.1, 0.15) is 0 Å². The molecule has 0 aliphatic rings. The highest BCUT2D eigenvalue weighted by Gasteiger charge is 2.09. The Morgan fingerprint density at radius 2 is 1.84 bits per heavy atom. The highest BCUT2D eigenvalue weighted by Crippen LogP contribution is 2.21. The molecule has 1 amide bonds. The van der Waals surface area contributed by atoms with Gasteiger partial charge in [0.15, 0.2) is 0 Å². The molecule has 0 spiro atoms. The van der Waals surface area contributed by atoms with Crippen molar-refractivity contribution in [3.63, 3.8) is 0 Å². The predicted octanol–water partition coefficient (Wildman–Crippen LogP) is 5.61. The monoisotopic (exact) mass is 332 g/mol. The van der Waals surface area contributed by atoms with Gasteiger partial charge in [-0.2, -0.15) is 0 Å². The summed E-state index contributed by atoms with van der Waals surface area (Å²) in [6.45, 7) is 2.22. The molecule has 3 rings (SSSR count). The quantitative estimate of drug-likeness (QED) is 0.571. The molecular weight excluding hydrogens is 308 g/mol. The Balaban J connectivity index is 1.81. The van der Waals surface area contributed by atoms with Crippen molar-refractivity contribution in [2.24, 2.45) is 0 Å². The lowest BCUT2D eigenvalue weighted by Crippen LogP contribution is -2.11. The Morgan fingerprint density at radius 1 is 1.00 bits per heavy atom. The molecular formula is C22H24N2O. The van der Waals surface area contributed by atoms with Crippen molar-refractivity contribution in [2.45, 2.75) is 39.0 Å². The van der Waals surface area contributed by atoms with E-state index in [1.807, 2.05) is 54.7 Å². The highest BCUT2D eigenvalue weighted by atomic mass is 16.1. The van der Waals surface area contributed by atoms with E-state index in [-0.39, 0.29) is 5.91 Å². The van der Waals surface area contributed by atoms with E-state index in [9.17, 15) is 4.79 Å². The molecule has 128 valence electrons. The van der Waals surface area contributed by atoms with Crippen molar-refractivity contribution in [3.8, 4) is 0 Å². The summed E-state index contributed by atoms with van der Waals surface area (Å²) in [6, 6.07) is 17.4. The third kappa shape index (κ3) is 4.44. The summed E-state index contributed by atoms with van der Waals surface area (Å²) in [5, 5.41) is 4.03. The van der Waals surface area contributed by atoms with Gasteiger partial charge in [-0.05, 0) is 54.8 Å². The van der Waals surface area contributed by atoms with Crippen molar-refractivity contribution >= 4 is 22.5 Å². The molecule has 0 fully saturated rings. The number of hydrogen-bond donors (Lipinski definition) is 1. The van der Waals surface area contributed by atoms with Crippen molar-refractivity contribution in [1.82, 2.24) is 4.98 Å². The van der Waals surface area contributed by atoms with E-state index in [2.05, 4.69) is 23.3 Å². The molecule has 2 aromatic carbocycles. The van der Waals surface area contributed by atoms with Crippen LogP contribution in [0, 0.1) is 0 Å². The molecule has 1 heterocycles. The van der Waals surface area contributed by atoms with E-state index in [1.165, 1.54) is 31.2 Å². The number of aromatic nitrogens is 1.